The standard InChI is InChI=1S/C17H21NO2/c1-12(18-17(19)13-7-3-2-4-8-13)16-11-14-9-5-6-10-15(14)20-16/h5-6,9-13H,2-4,7-8H2,1H3,(H,18,19)/t12-/m0/s1. The Kier molecular flexibility index (Phi) is 3.77. The SMILES string of the molecule is C[C@H](NC(=O)C1CCCCC1)c1cc2ccccc2o1. The summed E-state index contributed by atoms with van der Waals surface area (Å²) in [7, 11) is 0. The maximum Gasteiger partial charge on any atom is 0.223 e. The number of benzene rings is 1. The van der Waals surface area contributed by atoms with Crippen molar-refractivity contribution in [1.29, 1.82) is 0 Å². The number of para-hydroxylation sites is 1. The third kappa shape index (κ3) is 2.72. The zero-order valence-electron chi connectivity index (χ0n) is 11.9. The molecule has 3 rings (SSSR count). The number of rotatable bonds is 3. The zero-order chi connectivity index (χ0) is 13.9. The minimum atomic E-state index is -0.0724. The Hall–Kier alpha value is -1.77. The summed E-state index contributed by atoms with van der Waals surface area (Å²) in [6.07, 6.45) is 5.68. The molecule has 1 aliphatic rings. The molecule has 0 aliphatic heterocycles. The summed E-state index contributed by atoms with van der Waals surface area (Å²) < 4.78 is 5.80. The van der Waals surface area contributed by atoms with Crippen LogP contribution in [0.3, 0.4) is 0 Å². The van der Waals surface area contributed by atoms with Crippen molar-refractivity contribution in [3.05, 3.63) is 36.1 Å². The highest BCUT2D eigenvalue weighted by Crippen LogP contribution is 2.26. The molecule has 1 heterocycles. The van der Waals surface area contributed by atoms with Gasteiger partial charge in [-0.15, -0.1) is 0 Å². The van der Waals surface area contributed by atoms with E-state index >= 15 is 0 Å². The summed E-state index contributed by atoms with van der Waals surface area (Å²) in [6.45, 7) is 1.98. The second-order valence-corrected chi connectivity index (χ2v) is 5.75. The fourth-order valence-corrected chi connectivity index (χ4v) is 2.98. The second kappa shape index (κ2) is 5.70. The van der Waals surface area contributed by atoms with Gasteiger partial charge in [0.15, 0.2) is 0 Å². The largest absolute Gasteiger partial charge is 0.459 e. The number of hydrogen-bond acceptors (Lipinski definition) is 2. The molecule has 2 aromatic rings. The molecule has 1 atom stereocenters. The van der Waals surface area contributed by atoms with Crippen LogP contribution in [0.2, 0.25) is 0 Å². The molecule has 1 amide bonds. The van der Waals surface area contributed by atoms with Gasteiger partial charge in [-0.3, -0.25) is 4.79 Å². The fraction of sp³-hybridized carbons (Fsp3) is 0.471. The lowest BCUT2D eigenvalue weighted by molar-refractivity contribution is -0.126. The third-order valence-electron chi connectivity index (χ3n) is 4.21. The van der Waals surface area contributed by atoms with Crippen LogP contribution in [0.4, 0.5) is 0 Å². The average Bonchev–Trinajstić information content (AvgIpc) is 2.92. The Morgan fingerprint density at radius 1 is 1.25 bits per heavy atom. The number of nitrogens with one attached hydrogen (secondary N) is 1. The van der Waals surface area contributed by atoms with Gasteiger partial charge in [0, 0.05) is 11.3 Å². The summed E-state index contributed by atoms with van der Waals surface area (Å²) >= 11 is 0. The Bertz CT molecular complexity index is 563. The van der Waals surface area contributed by atoms with E-state index < -0.39 is 0 Å². The predicted octanol–water partition coefficient (Wildman–Crippen LogP) is 4.19. The second-order valence-electron chi connectivity index (χ2n) is 5.75. The molecule has 0 unspecified atom stereocenters. The van der Waals surface area contributed by atoms with Crippen molar-refractivity contribution in [3.8, 4) is 0 Å². The van der Waals surface area contributed by atoms with Gasteiger partial charge in [-0.2, -0.15) is 0 Å². The van der Waals surface area contributed by atoms with E-state index in [2.05, 4.69) is 5.32 Å². The Balaban J connectivity index is 1.68. The van der Waals surface area contributed by atoms with Gasteiger partial charge in [0.25, 0.3) is 0 Å². The predicted molar refractivity (Wildman–Crippen MR) is 79.3 cm³/mol. The van der Waals surface area contributed by atoms with Crippen molar-refractivity contribution in [2.75, 3.05) is 0 Å². The van der Waals surface area contributed by atoms with E-state index in [1.165, 1.54) is 19.3 Å². The van der Waals surface area contributed by atoms with Crippen molar-refractivity contribution in [2.45, 2.75) is 45.1 Å². The first-order valence-electron chi connectivity index (χ1n) is 7.53. The molecule has 3 nitrogen and oxygen atoms in total. The quantitative estimate of drug-likeness (QED) is 0.909. The van der Waals surface area contributed by atoms with Gasteiger partial charge < -0.3 is 9.73 Å². The number of hydrogen-bond donors (Lipinski definition) is 1. The highest BCUT2D eigenvalue weighted by Gasteiger charge is 2.23. The molecule has 106 valence electrons. The van der Waals surface area contributed by atoms with Gasteiger partial charge in [-0.05, 0) is 31.9 Å². The molecule has 1 saturated carbocycles. The highest BCUT2D eigenvalue weighted by molar-refractivity contribution is 5.80. The molecule has 1 aromatic heterocycles. The number of furan rings is 1. The van der Waals surface area contributed by atoms with Gasteiger partial charge in [-0.1, -0.05) is 37.5 Å². The number of fused-ring (bicyclic) bond motifs is 1. The molecule has 1 aromatic carbocycles. The molecule has 0 spiro atoms. The molecular weight excluding hydrogens is 250 g/mol. The fourth-order valence-electron chi connectivity index (χ4n) is 2.98. The van der Waals surface area contributed by atoms with Gasteiger partial charge in [0.1, 0.15) is 11.3 Å². The Labute approximate surface area is 119 Å². The summed E-state index contributed by atoms with van der Waals surface area (Å²) in [5.41, 5.74) is 0.876. The lowest BCUT2D eigenvalue weighted by atomic mass is 9.88. The van der Waals surface area contributed by atoms with Crippen molar-refractivity contribution < 1.29 is 9.21 Å². The number of amides is 1. The first kappa shape index (κ1) is 13.2. The Morgan fingerprint density at radius 2 is 2.00 bits per heavy atom. The molecule has 20 heavy (non-hydrogen) atoms. The van der Waals surface area contributed by atoms with Gasteiger partial charge >= 0.3 is 0 Å². The van der Waals surface area contributed by atoms with Crippen LogP contribution < -0.4 is 5.32 Å². The number of carbonyl (C=O) groups excluding carboxylic acids is 1. The van der Waals surface area contributed by atoms with Crippen LogP contribution in [0.15, 0.2) is 34.7 Å². The van der Waals surface area contributed by atoms with Gasteiger partial charge in [0.2, 0.25) is 5.91 Å². The molecule has 0 radical (unpaired) electrons. The van der Waals surface area contributed by atoms with Crippen molar-refractivity contribution in [1.82, 2.24) is 5.32 Å². The van der Waals surface area contributed by atoms with Gasteiger partial charge in [0.05, 0.1) is 6.04 Å². The first-order chi connectivity index (χ1) is 9.74. The topological polar surface area (TPSA) is 42.2 Å². The molecule has 1 fully saturated rings. The summed E-state index contributed by atoms with van der Waals surface area (Å²) in [5, 5.41) is 4.18. The van der Waals surface area contributed by atoms with Crippen LogP contribution in [-0.4, -0.2) is 5.91 Å². The van der Waals surface area contributed by atoms with Crippen LogP contribution in [-0.2, 0) is 4.79 Å². The molecule has 1 aliphatic carbocycles. The first-order valence-corrected chi connectivity index (χ1v) is 7.53. The molecule has 1 N–H and O–H groups in total. The van der Waals surface area contributed by atoms with Crippen LogP contribution in [0, 0.1) is 5.92 Å². The molecule has 0 bridgehead atoms. The zero-order valence-corrected chi connectivity index (χ0v) is 11.9. The summed E-state index contributed by atoms with van der Waals surface area (Å²) in [5.74, 6) is 1.20. The van der Waals surface area contributed by atoms with E-state index in [9.17, 15) is 4.79 Å². The molecular formula is C17H21NO2. The van der Waals surface area contributed by atoms with E-state index in [1.54, 1.807) is 0 Å². The monoisotopic (exact) mass is 271 g/mol. The number of carbonyl (C=O) groups is 1. The maximum atomic E-state index is 12.2. The highest BCUT2D eigenvalue weighted by atomic mass is 16.3. The van der Waals surface area contributed by atoms with E-state index in [-0.39, 0.29) is 17.9 Å². The van der Waals surface area contributed by atoms with Crippen LogP contribution in [0.5, 0.6) is 0 Å². The third-order valence-corrected chi connectivity index (χ3v) is 4.21. The maximum absolute atomic E-state index is 12.2. The normalized spacial score (nSPS) is 18.1. The lowest BCUT2D eigenvalue weighted by Gasteiger charge is -2.22. The summed E-state index contributed by atoms with van der Waals surface area (Å²) in [6, 6.07) is 9.87. The average molecular weight is 271 g/mol. The van der Waals surface area contributed by atoms with E-state index in [0.717, 1.165) is 29.6 Å². The summed E-state index contributed by atoms with van der Waals surface area (Å²) in [4.78, 5) is 12.2. The van der Waals surface area contributed by atoms with Crippen molar-refractivity contribution in [3.63, 3.8) is 0 Å². The smallest absolute Gasteiger partial charge is 0.223 e. The van der Waals surface area contributed by atoms with Crippen LogP contribution in [0.25, 0.3) is 11.0 Å². The van der Waals surface area contributed by atoms with E-state index in [1.807, 2.05) is 37.3 Å². The van der Waals surface area contributed by atoms with E-state index in [0.29, 0.717) is 0 Å². The van der Waals surface area contributed by atoms with Crippen LogP contribution in [0.1, 0.15) is 50.8 Å². The van der Waals surface area contributed by atoms with Gasteiger partial charge in [-0.25, -0.2) is 0 Å². The Morgan fingerprint density at radius 3 is 2.75 bits per heavy atom. The minimum absolute atomic E-state index is 0.0724. The van der Waals surface area contributed by atoms with E-state index in [4.69, 9.17) is 4.42 Å². The minimum Gasteiger partial charge on any atom is -0.459 e. The lowest BCUT2D eigenvalue weighted by Crippen LogP contribution is -2.33. The van der Waals surface area contributed by atoms with Crippen LogP contribution >= 0.6 is 0 Å². The van der Waals surface area contributed by atoms with Crippen molar-refractivity contribution >= 4 is 16.9 Å². The van der Waals surface area contributed by atoms with Crippen molar-refractivity contribution in [2.24, 2.45) is 5.92 Å². The molecule has 0 saturated heterocycles. The molecule has 3 heteroatoms.